The molecule has 0 spiro atoms. The van der Waals surface area contributed by atoms with Crippen molar-refractivity contribution in [1.29, 1.82) is 0 Å². The highest BCUT2D eigenvalue weighted by Gasteiger charge is 2.50. The molecule has 4 nitrogen and oxygen atoms in total. The van der Waals surface area contributed by atoms with E-state index in [9.17, 15) is 5.11 Å². The topological polar surface area (TPSA) is 47.9 Å². The molecule has 4 aromatic carbocycles. The Hall–Kier alpha value is -2.47. The molecule has 0 aromatic heterocycles. The largest absolute Gasteiger partial charge is 1.00 e. The number of benzene rings is 4. The molecular formula is C32H36BrO4PSi. The first-order valence-corrected chi connectivity index (χ1v) is 16.3. The minimum Gasteiger partial charge on any atom is -1.00 e. The molecule has 4 rings (SSSR count). The highest BCUT2D eigenvalue weighted by molar-refractivity contribution is 8.01. The van der Waals surface area contributed by atoms with Crippen LogP contribution in [-0.2, 0) is 9.47 Å². The van der Waals surface area contributed by atoms with Crippen LogP contribution in [0.15, 0.2) is 109 Å². The number of hydrogen-bond donors (Lipinski definition) is 1. The first kappa shape index (κ1) is 31.1. The summed E-state index contributed by atoms with van der Waals surface area (Å²) in [4.78, 5) is 0. The second kappa shape index (κ2) is 16.0. The van der Waals surface area contributed by atoms with Gasteiger partial charge in [-0.05, 0) is 68.8 Å². The summed E-state index contributed by atoms with van der Waals surface area (Å²) in [5.74, 6) is 0.904. The average molecular weight is 624 g/mol. The zero-order chi connectivity index (χ0) is 26.6. The summed E-state index contributed by atoms with van der Waals surface area (Å²) in [7, 11) is -1.82. The van der Waals surface area contributed by atoms with Crippen molar-refractivity contribution in [1.82, 2.24) is 0 Å². The Morgan fingerprint density at radius 2 is 1.21 bits per heavy atom. The third-order valence-corrected chi connectivity index (χ3v) is 11.9. The molecule has 0 atom stereocenters. The lowest BCUT2D eigenvalue weighted by Crippen LogP contribution is -3.00. The van der Waals surface area contributed by atoms with Gasteiger partial charge < -0.3 is 36.3 Å². The molecule has 0 bridgehead atoms. The van der Waals surface area contributed by atoms with Crippen molar-refractivity contribution >= 4 is 38.0 Å². The van der Waals surface area contributed by atoms with E-state index in [-0.39, 0.29) is 28.6 Å². The highest BCUT2D eigenvalue weighted by Crippen LogP contribution is 2.56. The Labute approximate surface area is 246 Å². The first-order chi connectivity index (χ1) is 18.7. The van der Waals surface area contributed by atoms with Crippen LogP contribution in [0.1, 0.15) is 20.3 Å². The molecule has 0 aliphatic carbocycles. The maximum Gasteiger partial charge on any atom is 0.162 e. The number of ether oxygens (including phenoxy) is 3. The Balaban J connectivity index is 0.00000420. The molecule has 4 aromatic rings. The molecule has 0 heterocycles. The predicted octanol–water partition coefficient (Wildman–Crippen LogP) is 2.26. The molecule has 0 saturated heterocycles. The van der Waals surface area contributed by atoms with Gasteiger partial charge in [-0.3, -0.25) is 0 Å². The van der Waals surface area contributed by atoms with E-state index in [0.717, 1.165) is 23.5 Å². The standard InChI is InChI=1S/C32H35O4PSi.BrH/c1-3-34-32(35-4-2)38-24-14-23-36-30-22-21-26(33)25-31(30)37(27-15-8-5-9-16-27,28-17-10-6-11-18-28)29-19-12-7-13-20-29;/h5-13,15-22,25,32H,3-4,14,23-24H2,1-2H3;1H. The van der Waals surface area contributed by atoms with E-state index in [1.807, 2.05) is 44.2 Å². The van der Waals surface area contributed by atoms with Crippen molar-refractivity contribution in [3.63, 3.8) is 0 Å². The van der Waals surface area contributed by atoms with Gasteiger partial charge in [-0.15, -0.1) is 0 Å². The van der Waals surface area contributed by atoms with E-state index in [0.29, 0.717) is 29.3 Å². The van der Waals surface area contributed by atoms with Crippen LogP contribution in [0.2, 0.25) is 6.04 Å². The number of halogens is 1. The van der Waals surface area contributed by atoms with Crippen molar-refractivity contribution in [2.24, 2.45) is 0 Å². The molecule has 0 fully saturated rings. The van der Waals surface area contributed by atoms with Crippen molar-refractivity contribution in [2.45, 2.75) is 32.2 Å². The molecule has 204 valence electrons. The maximum atomic E-state index is 10.7. The fourth-order valence-corrected chi connectivity index (χ4v) is 10.2. The minimum atomic E-state index is -2.38. The zero-order valence-electron chi connectivity index (χ0n) is 22.5. The smallest absolute Gasteiger partial charge is 0.162 e. The summed E-state index contributed by atoms with van der Waals surface area (Å²) < 4.78 is 17.9. The Bertz CT molecular complexity index is 1140. The van der Waals surface area contributed by atoms with Gasteiger partial charge in [0.05, 0.1) is 6.61 Å². The van der Waals surface area contributed by atoms with Crippen LogP contribution in [0.3, 0.4) is 0 Å². The monoisotopic (exact) mass is 622 g/mol. The van der Waals surface area contributed by atoms with Gasteiger partial charge in [0.25, 0.3) is 0 Å². The third kappa shape index (κ3) is 7.59. The minimum absolute atomic E-state index is 0. The summed E-state index contributed by atoms with van der Waals surface area (Å²) in [6.45, 7) is 5.86. The van der Waals surface area contributed by atoms with Gasteiger partial charge >= 0.3 is 0 Å². The third-order valence-electron chi connectivity index (χ3n) is 6.26. The highest BCUT2D eigenvalue weighted by atomic mass is 79.9. The number of phenols is 1. The van der Waals surface area contributed by atoms with Crippen LogP contribution < -0.4 is 42.9 Å². The lowest BCUT2D eigenvalue weighted by molar-refractivity contribution is -0.0828. The van der Waals surface area contributed by atoms with Crippen molar-refractivity contribution in [3.05, 3.63) is 109 Å². The van der Waals surface area contributed by atoms with Crippen LogP contribution in [0.4, 0.5) is 0 Å². The van der Waals surface area contributed by atoms with Crippen LogP contribution in [0, 0.1) is 0 Å². The molecule has 0 saturated carbocycles. The Kier molecular flexibility index (Phi) is 12.7. The summed E-state index contributed by atoms with van der Waals surface area (Å²) in [5.41, 5.74) is 0. The number of hydrogen-bond acceptors (Lipinski definition) is 4. The van der Waals surface area contributed by atoms with Crippen LogP contribution in [0.5, 0.6) is 11.5 Å². The molecule has 0 aliphatic rings. The first-order valence-electron chi connectivity index (χ1n) is 13.2. The zero-order valence-corrected chi connectivity index (χ0v) is 26.0. The van der Waals surface area contributed by atoms with Crippen LogP contribution in [-0.4, -0.2) is 40.4 Å². The van der Waals surface area contributed by atoms with E-state index in [4.69, 9.17) is 14.2 Å². The van der Waals surface area contributed by atoms with E-state index in [1.54, 1.807) is 6.07 Å². The molecule has 2 radical (unpaired) electrons. The van der Waals surface area contributed by atoms with Gasteiger partial charge in [-0.2, -0.15) is 0 Å². The molecule has 0 aliphatic heterocycles. The van der Waals surface area contributed by atoms with E-state index >= 15 is 0 Å². The quantitative estimate of drug-likeness (QED) is 0.101. The summed E-state index contributed by atoms with van der Waals surface area (Å²) in [6, 6.07) is 38.4. The molecule has 7 heteroatoms. The maximum absolute atomic E-state index is 10.7. The summed E-state index contributed by atoms with van der Waals surface area (Å²) in [5, 5.41) is 15.4. The van der Waals surface area contributed by atoms with E-state index < -0.39 is 7.26 Å². The lowest BCUT2D eigenvalue weighted by atomic mass is 10.3. The van der Waals surface area contributed by atoms with Gasteiger partial charge in [-0.1, -0.05) is 60.6 Å². The summed E-state index contributed by atoms with van der Waals surface area (Å²) in [6.07, 6.45) is 0.892. The second-order valence-electron chi connectivity index (χ2n) is 8.73. The van der Waals surface area contributed by atoms with Crippen LogP contribution >= 0.6 is 7.26 Å². The normalized spacial score (nSPS) is 11.3. The van der Waals surface area contributed by atoms with Gasteiger partial charge in [-0.25, -0.2) is 0 Å². The van der Waals surface area contributed by atoms with Gasteiger partial charge in [0.1, 0.15) is 44.4 Å². The van der Waals surface area contributed by atoms with E-state index in [1.165, 1.54) is 15.9 Å². The fraction of sp³-hybridized carbons (Fsp3) is 0.250. The SMILES string of the molecule is CCOC(OCC)[Si]CCCOc1ccc(O)cc1[P+](c1ccccc1)(c1ccccc1)c1ccccc1.[Br-]. The summed E-state index contributed by atoms with van der Waals surface area (Å²) >= 11 is 0. The number of phenolic OH excluding ortho intramolecular Hbond substituents is 1. The van der Waals surface area contributed by atoms with Crippen molar-refractivity contribution in [2.75, 3.05) is 19.8 Å². The average Bonchev–Trinajstić information content (AvgIpc) is 2.96. The Morgan fingerprint density at radius 3 is 1.67 bits per heavy atom. The number of rotatable bonds is 14. The molecule has 0 amide bonds. The molecule has 0 unspecified atom stereocenters. The van der Waals surface area contributed by atoms with Gasteiger partial charge in [0.15, 0.2) is 11.1 Å². The lowest BCUT2D eigenvalue weighted by Gasteiger charge is -2.29. The van der Waals surface area contributed by atoms with Crippen molar-refractivity contribution < 1.29 is 36.3 Å². The van der Waals surface area contributed by atoms with Gasteiger partial charge in [0, 0.05) is 19.3 Å². The van der Waals surface area contributed by atoms with Crippen molar-refractivity contribution in [3.8, 4) is 11.5 Å². The van der Waals surface area contributed by atoms with Gasteiger partial charge in [0.2, 0.25) is 0 Å². The second-order valence-corrected chi connectivity index (χ2v) is 13.5. The Morgan fingerprint density at radius 1 is 0.718 bits per heavy atom. The number of aromatic hydroxyl groups is 1. The molecule has 1 N–H and O–H groups in total. The molecular weight excluding hydrogens is 587 g/mol. The van der Waals surface area contributed by atoms with E-state index in [2.05, 4.69) is 72.8 Å². The predicted molar refractivity (Wildman–Crippen MR) is 161 cm³/mol. The fourth-order valence-electron chi connectivity index (χ4n) is 4.65. The van der Waals surface area contributed by atoms with Crippen LogP contribution in [0.25, 0.3) is 0 Å². The molecule has 39 heavy (non-hydrogen) atoms.